The molecule has 0 saturated heterocycles. The SMILES string of the molecule is CCOC1(C(NC)c2ccc(F)cc2)CCC(C)(C)CC1. The normalized spacial score (nSPS) is 22.0. The zero-order valence-corrected chi connectivity index (χ0v) is 13.7. The molecule has 118 valence electrons. The second-order valence-electron chi connectivity index (χ2n) is 6.94. The van der Waals surface area contributed by atoms with Crippen molar-refractivity contribution in [1.29, 1.82) is 0 Å². The van der Waals surface area contributed by atoms with Gasteiger partial charge >= 0.3 is 0 Å². The molecule has 2 nitrogen and oxygen atoms in total. The van der Waals surface area contributed by atoms with Gasteiger partial charge in [0.2, 0.25) is 0 Å². The lowest BCUT2D eigenvalue weighted by atomic mass is 9.67. The Bertz CT molecular complexity index is 445. The molecule has 1 fully saturated rings. The van der Waals surface area contributed by atoms with Crippen LogP contribution < -0.4 is 5.32 Å². The quantitative estimate of drug-likeness (QED) is 0.865. The molecular weight excluding hydrogens is 265 g/mol. The second kappa shape index (κ2) is 6.45. The Labute approximate surface area is 128 Å². The maximum absolute atomic E-state index is 13.2. The zero-order valence-electron chi connectivity index (χ0n) is 13.7. The number of nitrogens with one attached hydrogen (secondary N) is 1. The summed E-state index contributed by atoms with van der Waals surface area (Å²) in [6.45, 7) is 7.42. The van der Waals surface area contributed by atoms with Crippen molar-refractivity contribution in [3.8, 4) is 0 Å². The number of benzene rings is 1. The van der Waals surface area contributed by atoms with Crippen molar-refractivity contribution >= 4 is 0 Å². The summed E-state index contributed by atoms with van der Waals surface area (Å²) < 4.78 is 19.4. The lowest BCUT2D eigenvalue weighted by Gasteiger charge is -2.47. The number of halogens is 1. The molecule has 1 atom stereocenters. The molecule has 1 unspecified atom stereocenters. The number of likely N-dealkylation sites (N-methyl/N-ethyl adjacent to an activating group) is 1. The van der Waals surface area contributed by atoms with E-state index in [1.807, 2.05) is 19.2 Å². The molecule has 3 heteroatoms. The first-order chi connectivity index (χ1) is 9.92. The molecular formula is C18H28FNO. The second-order valence-corrected chi connectivity index (χ2v) is 6.94. The maximum Gasteiger partial charge on any atom is 0.123 e. The molecule has 0 heterocycles. The van der Waals surface area contributed by atoms with Crippen LogP contribution in [0.1, 0.15) is 58.1 Å². The van der Waals surface area contributed by atoms with Crippen LogP contribution in [0.3, 0.4) is 0 Å². The van der Waals surface area contributed by atoms with Crippen LogP contribution >= 0.6 is 0 Å². The summed E-state index contributed by atoms with van der Waals surface area (Å²) in [6, 6.07) is 6.92. The van der Waals surface area contributed by atoms with Gasteiger partial charge in [-0.25, -0.2) is 4.39 Å². The fraction of sp³-hybridized carbons (Fsp3) is 0.667. The third kappa shape index (κ3) is 3.64. The predicted octanol–water partition coefficient (Wildman–Crippen LogP) is 4.46. The third-order valence-electron chi connectivity index (χ3n) is 4.90. The van der Waals surface area contributed by atoms with E-state index in [1.165, 1.54) is 12.1 Å². The Balaban J connectivity index is 2.28. The Hall–Kier alpha value is -0.930. The van der Waals surface area contributed by atoms with Gasteiger partial charge in [-0.05, 0) is 62.8 Å². The van der Waals surface area contributed by atoms with E-state index in [0.29, 0.717) is 12.0 Å². The van der Waals surface area contributed by atoms with Crippen LogP contribution in [-0.4, -0.2) is 19.3 Å². The summed E-state index contributed by atoms with van der Waals surface area (Å²) in [5.74, 6) is -0.191. The van der Waals surface area contributed by atoms with E-state index in [1.54, 1.807) is 0 Å². The van der Waals surface area contributed by atoms with Crippen molar-refractivity contribution in [1.82, 2.24) is 5.32 Å². The van der Waals surface area contributed by atoms with Gasteiger partial charge in [0, 0.05) is 6.61 Å². The molecule has 1 saturated carbocycles. The van der Waals surface area contributed by atoms with Crippen molar-refractivity contribution in [2.75, 3.05) is 13.7 Å². The van der Waals surface area contributed by atoms with Gasteiger partial charge in [-0.3, -0.25) is 0 Å². The van der Waals surface area contributed by atoms with E-state index in [2.05, 4.69) is 26.1 Å². The van der Waals surface area contributed by atoms with Crippen molar-refractivity contribution in [2.45, 2.75) is 58.1 Å². The minimum atomic E-state index is -0.191. The van der Waals surface area contributed by atoms with Gasteiger partial charge in [0.15, 0.2) is 0 Å². The van der Waals surface area contributed by atoms with Crippen LogP contribution in [0.5, 0.6) is 0 Å². The highest BCUT2D eigenvalue weighted by Crippen LogP contribution is 2.47. The Morgan fingerprint density at radius 1 is 1.14 bits per heavy atom. The molecule has 1 aliphatic rings. The summed E-state index contributed by atoms with van der Waals surface area (Å²) in [6.07, 6.45) is 4.40. The molecule has 2 rings (SSSR count). The average Bonchev–Trinajstić information content (AvgIpc) is 2.45. The van der Waals surface area contributed by atoms with Gasteiger partial charge in [0.05, 0.1) is 11.6 Å². The Morgan fingerprint density at radius 3 is 2.19 bits per heavy atom. The highest BCUT2D eigenvalue weighted by Gasteiger charge is 2.44. The predicted molar refractivity (Wildman–Crippen MR) is 84.8 cm³/mol. The number of ether oxygens (including phenoxy) is 1. The van der Waals surface area contributed by atoms with Crippen LogP contribution in [-0.2, 0) is 4.74 Å². The van der Waals surface area contributed by atoms with Crippen LogP contribution in [0, 0.1) is 11.2 Å². The first kappa shape index (κ1) is 16.4. The largest absolute Gasteiger partial charge is 0.373 e. The molecule has 0 radical (unpaired) electrons. The molecule has 0 aromatic heterocycles. The highest BCUT2D eigenvalue weighted by atomic mass is 19.1. The average molecular weight is 293 g/mol. The van der Waals surface area contributed by atoms with Gasteiger partial charge < -0.3 is 10.1 Å². The molecule has 0 bridgehead atoms. The van der Waals surface area contributed by atoms with Crippen molar-refractivity contribution in [3.05, 3.63) is 35.6 Å². The lowest BCUT2D eigenvalue weighted by molar-refractivity contribution is -0.106. The van der Waals surface area contributed by atoms with Gasteiger partial charge in [-0.1, -0.05) is 26.0 Å². The summed E-state index contributed by atoms with van der Waals surface area (Å²) in [4.78, 5) is 0. The smallest absolute Gasteiger partial charge is 0.123 e. The fourth-order valence-corrected chi connectivity index (χ4v) is 3.54. The van der Waals surface area contributed by atoms with Crippen molar-refractivity contribution in [3.63, 3.8) is 0 Å². The Kier molecular flexibility index (Phi) is 5.05. The van der Waals surface area contributed by atoms with Crippen molar-refractivity contribution < 1.29 is 9.13 Å². The lowest BCUT2D eigenvalue weighted by Crippen LogP contribution is -2.49. The molecule has 1 aromatic rings. The monoisotopic (exact) mass is 293 g/mol. The molecule has 0 spiro atoms. The Morgan fingerprint density at radius 2 is 1.71 bits per heavy atom. The van der Waals surface area contributed by atoms with E-state index < -0.39 is 0 Å². The van der Waals surface area contributed by atoms with Crippen LogP contribution in [0.4, 0.5) is 4.39 Å². The van der Waals surface area contributed by atoms with E-state index in [0.717, 1.165) is 31.2 Å². The molecule has 21 heavy (non-hydrogen) atoms. The van der Waals surface area contributed by atoms with E-state index in [4.69, 9.17) is 4.74 Å². The molecule has 0 amide bonds. The van der Waals surface area contributed by atoms with E-state index in [-0.39, 0.29) is 17.5 Å². The van der Waals surface area contributed by atoms with Crippen LogP contribution in [0.25, 0.3) is 0 Å². The summed E-state index contributed by atoms with van der Waals surface area (Å²) in [5, 5.41) is 3.41. The topological polar surface area (TPSA) is 21.3 Å². The maximum atomic E-state index is 13.2. The van der Waals surface area contributed by atoms with Crippen molar-refractivity contribution in [2.24, 2.45) is 5.41 Å². The number of hydrogen-bond acceptors (Lipinski definition) is 2. The van der Waals surface area contributed by atoms with Crippen LogP contribution in [0.15, 0.2) is 24.3 Å². The minimum Gasteiger partial charge on any atom is -0.373 e. The van der Waals surface area contributed by atoms with Crippen LogP contribution in [0.2, 0.25) is 0 Å². The fourth-order valence-electron chi connectivity index (χ4n) is 3.54. The summed E-state index contributed by atoms with van der Waals surface area (Å²) in [7, 11) is 1.97. The summed E-state index contributed by atoms with van der Waals surface area (Å²) >= 11 is 0. The van der Waals surface area contributed by atoms with Gasteiger partial charge in [-0.2, -0.15) is 0 Å². The van der Waals surface area contributed by atoms with Gasteiger partial charge in [0.25, 0.3) is 0 Å². The summed E-state index contributed by atoms with van der Waals surface area (Å²) in [5.41, 5.74) is 1.31. The molecule has 1 N–H and O–H groups in total. The van der Waals surface area contributed by atoms with E-state index >= 15 is 0 Å². The molecule has 0 aliphatic heterocycles. The van der Waals surface area contributed by atoms with Gasteiger partial charge in [0.1, 0.15) is 5.82 Å². The first-order valence-corrected chi connectivity index (χ1v) is 7.99. The molecule has 1 aromatic carbocycles. The zero-order chi connectivity index (χ0) is 15.5. The first-order valence-electron chi connectivity index (χ1n) is 7.99. The number of rotatable bonds is 5. The minimum absolute atomic E-state index is 0.106. The van der Waals surface area contributed by atoms with Gasteiger partial charge in [-0.15, -0.1) is 0 Å². The standard InChI is InChI=1S/C18H28FNO/c1-5-21-18(12-10-17(2,3)11-13-18)16(20-4)14-6-8-15(19)9-7-14/h6-9,16,20H,5,10-13H2,1-4H3. The van der Waals surface area contributed by atoms with E-state index in [9.17, 15) is 4.39 Å². The molecule has 1 aliphatic carbocycles. The number of hydrogen-bond donors (Lipinski definition) is 1. The highest BCUT2D eigenvalue weighted by molar-refractivity contribution is 5.24. The third-order valence-corrected chi connectivity index (χ3v) is 4.90.